The quantitative estimate of drug-likeness (QED) is 0.660. The predicted octanol–water partition coefficient (Wildman–Crippen LogP) is 3.26. The molecule has 104 valence electrons. The number of aliphatic imine (C=N–C) groups is 1. The summed E-state index contributed by atoms with van der Waals surface area (Å²) < 4.78 is 1.13. The van der Waals surface area contributed by atoms with Crippen molar-refractivity contribution in [1.82, 2.24) is 5.32 Å². The number of nitrogens with two attached hydrogens (primary N) is 1. The maximum Gasteiger partial charge on any atom is 0.188 e. The number of hydrogen-bond donors (Lipinski definition) is 2. The molecule has 1 fully saturated rings. The van der Waals surface area contributed by atoms with E-state index in [0.29, 0.717) is 23.8 Å². The highest BCUT2D eigenvalue weighted by atomic mass is 79.9. The lowest BCUT2D eigenvalue weighted by Gasteiger charge is -2.36. The van der Waals surface area contributed by atoms with E-state index < -0.39 is 0 Å². The van der Waals surface area contributed by atoms with Crippen molar-refractivity contribution in [1.29, 1.82) is 0 Å². The van der Waals surface area contributed by atoms with Crippen LogP contribution in [0.2, 0.25) is 0 Å². The van der Waals surface area contributed by atoms with Gasteiger partial charge in [0.15, 0.2) is 5.96 Å². The first-order chi connectivity index (χ1) is 9.04. The van der Waals surface area contributed by atoms with E-state index in [1.807, 2.05) is 0 Å². The third-order valence-corrected chi connectivity index (χ3v) is 3.99. The van der Waals surface area contributed by atoms with E-state index >= 15 is 0 Å². The highest BCUT2D eigenvalue weighted by Crippen LogP contribution is 2.37. The first-order valence-corrected chi connectivity index (χ1v) is 7.66. The molecule has 1 aliphatic carbocycles. The molecule has 1 aromatic rings. The summed E-state index contributed by atoms with van der Waals surface area (Å²) in [6.07, 6.45) is 2.28. The molecule has 0 bridgehead atoms. The Morgan fingerprint density at radius 3 is 2.58 bits per heavy atom. The molecule has 0 heterocycles. The van der Waals surface area contributed by atoms with Crippen molar-refractivity contribution in [2.75, 3.05) is 6.54 Å². The van der Waals surface area contributed by atoms with E-state index in [-0.39, 0.29) is 0 Å². The summed E-state index contributed by atoms with van der Waals surface area (Å²) in [5.74, 6) is 1.80. The molecule has 1 aliphatic rings. The first-order valence-electron chi connectivity index (χ1n) is 6.86. The summed E-state index contributed by atoms with van der Waals surface area (Å²) in [5.41, 5.74) is 7.28. The van der Waals surface area contributed by atoms with Gasteiger partial charge < -0.3 is 11.1 Å². The maximum atomic E-state index is 5.87. The van der Waals surface area contributed by atoms with Gasteiger partial charge in [-0.15, -0.1) is 0 Å². The van der Waals surface area contributed by atoms with Crippen LogP contribution in [0.15, 0.2) is 33.7 Å². The Bertz CT molecular complexity index is 433. The second-order valence-electron chi connectivity index (χ2n) is 5.68. The fourth-order valence-electron chi connectivity index (χ4n) is 2.28. The molecule has 19 heavy (non-hydrogen) atoms. The molecule has 3 N–H and O–H groups in total. The molecule has 0 radical (unpaired) electrons. The molecule has 0 spiro atoms. The fourth-order valence-corrected chi connectivity index (χ4v) is 2.54. The monoisotopic (exact) mass is 323 g/mol. The Kier molecular flexibility index (Phi) is 4.86. The van der Waals surface area contributed by atoms with E-state index in [4.69, 9.17) is 5.73 Å². The minimum Gasteiger partial charge on any atom is -0.370 e. The molecule has 0 aliphatic heterocycles. The van der Waals surface area contributed by atoms with E-state index in [1.54, 1.807) is 0 Å². The number of hydrogen-bond acceptors (Lipinski definition) is 1. The second kappa shape index (κ2) is 6.42. The van der Waals surface area contributed by atoms with Gasteiger partial charge in [0.2, 0.25) is 0 Å². The number of guanidine groups is 1. The Morgan fingerprint density at radius 2 is 2.00 bits per heavy atom. The summed E-state index contributed by atoms with van der Waals surface area (Å²) in [5, 5.41) is 3.30. The fraction of sp³-hybridized carbons (Fsp3) is 0.533. The SMILES string of the molecule is CC(C)CN=C(N)NC1CC(c2ccc(Br)cc2)C1. The molecule has 2 rings (SSSR count). The second-order valence-corrected chi connectivity index (χ2v) is 6.60. The van der Waals surface area contributed by atoms with Crippen LogP contribution >= 0.6 is 15.9 Å². The normalized spacial score (nSPS) is 23.3. The zero-order chi connectivity index (χ0) is 13.8. The van der Waals surface area contributed by atoms with Gasteiger partial charge in [0.1, 0.15) is 0 Å². The van der Waals surface area contributed by atoms with Gasteiger partial charge in [-0.3, -0.25) is 4.99 Å². The standard InChI is InChI=1S/C15H22BrN3/c1-10(2)9-18-15(17)19-14-7-12(8-14)11-3-5-13(16)6-4-11/h3-6,10,12,14H,7-9H2,1-2H3,(H3,17,18,19). The highest BCUT2D eigenvalue weighted by Gasteiger charge is 2.30. The Labute approximate surface area is 123 Å². The van der Waals surface area contributed by atoms with Gasteiger partial charge in [-0.1, -0.05) is 41.9 Å². The van der Waals surface area contributed by atoms with Crippen LogP contribution in [-0.4, -0.2) is 18.5 Å². The van der Waals surface area contributed by atoms with Crippen molar-refractivity contribution >= 4 is 21.9 Å². The smallest absolute Gasteiger partial charge is 0.188 e. The van der Waals surface area contributed by atoms with Crippen molar-refractivity contribution in [2.45, 2.75) is 38.6 Å². The molecule has 1 saturated carbocycles. The summed E-state index contributed by atoms with van der Waals surface area (Å²) in [6, 6.07) is 9.08. The van der Waals surface area contributed by atoms with Crippen LogP contribution in [0.25, 0.3) is 0 Å². The molecule has 0 amide bonds. The van der Waals surface area contributed by atoms with Crippen molar-refractivity contribution < 1.29 is 0 Å². The van der Waals surface area contributed by atoms with E-state index in [0.717, 1.165) is 23.9 Å². The van der Waals surface area contributed by atoms with Gasteiger partial charge in [-0.2, -0.15) is 0 Å². The number of benzene rings is 1. The zero-order valence-corrected chi connectivity index (χ0v) is 13.2. The van der Waals surface area contributed by atoms with E-state index in [2.05, 4.69) is 64.4 Å². The molecule has 0 unspecified atom stereocenters. The topological polar surface area (TPSA) is 50.4 Å². The number of halogens is 1. The Morgan fingerprint density at radius 1 is 1.37 bits per heavy atom. The highest BCUT2D eigenvalue weighted by molar-refractivity contribution is 9.10. The third kappa shape index (κ3) is 4.23. The van der Waals surface area contributed by atoms with Crippen LogP contribution in [-0.2, 0) is 0 Å². The van der Waals surface area contributed by atoms with Crippen molar-refractivity contribution in [3.63, 3.8) is 0 Å². The van der Waals surface area contributed by atoms with Gasteiger partial charge in [0.05, 0.1) is 0 Å². The third-order valence-electron chi connectivity index (χ3n) is 3.46. The maximum absolute atomic E-state index is 5.87. The predicted molar refractivity (Wildman–Crippen MR) is 84.4 cm³/mol. The minimum atomic E-state index is 0.476. The molecule has 0 atom stereocenters. The molecular weight excluding hydrogens is 302 g/mol. The van der Waals surface area contributed by atoms with Crippen LogP contribution in [0, 0.1) is 5.92 Å². The largest absolute Gasteiger partial charge is 0.370 e. The summed E-state index contributed by atoms with van der Waals surface area (Å²) in [7, 11) is 0. The summed E-state index contributed by atoms with van der Waals surface area (Å²) >= 11 is 3.46. The van der Waals surface area contributed by atoms with Gasteiger partial charge in [-0.25, -0.2) is 0 Å². The lowest BCUT2D eigenvalue weighted by Crippen LogP contribution is -2.46. The zero-order valence-electron chi connectivity index (χ0n) is 11.6. The number of nitrogens with one attached hydrogen (secondary N) is 1. The van der Waals surface area contributed by atoms with Crippen LogP contribution in [0.4, 0.5) is 0 Å². The molecule has 4 heteroatoms. The molecule has 0 saturated heterocycles. The van der Waals surface area contributed by atoms with Crippen molar-refractivity contribution in [2.24, 2.45) is 16.6 Å². The molecule has 3 nitrogen and oxygen atoms in total. The minimum absolute atomic E-state index is 0.476. The van der Waals surface area contributed by atoms with Gasteiger partial charge in [0, 0.05) is 17.1 Å². The van der Waals surface area contributed by atoms with Crippen LogP contribution in [0.3, 0.4) is 0 Å². The first kappa shape index (κ1) is 14.4. The van der Waals surface area contributed by atoms with Crippen LogP contribution in [0.1, 0.15) is 38.2 Å². The average Bonchev–Trinajstić information content (AvgIpc) is 2.32. The molecule has 0 aromatic heterocycles. The lowest BCUT2D eigenvalue weighted by molar-refractivity contribution is 0.323. The Balaban J connectivity index is 1.77. The lowest BCUT2D eigenvalue weighted by atomic mass is 9.76. The van der Waals surface area contributed by atoms with Gasteiger partial charge in [0.25, 0.3) is 0 Å². The van der Waals surface area contributed by atoms with Gasteiger partial charge in [-0.05, 0) is 42.4 Å². The van der Waals surface area contributed by atoms with Crippen molar-refractivity contribution in [3.05, 3.63) is 34.3 Å². The summed E-state index contributed by atoms with van der Waals surface area (Å²) in [4.78, 5) is 4.33. The molecular formula is C15H22BrN3. The van der Waals surface area contributed by atoms with E-state index in [9.17, 15) is 0 Å². The molecule has 1 aromatic carbocycles. The number of rotatable bonds is 4. The average molecular weight is 324 g/mol. The Hall–Kier alpha value is -1.03. The van der Waals surface area contributed by atoms with Gasteiger partial charge >= 0.3 is 0 Å². The van der Waals surface area contributed by atoms with E-state index in [1.165, 1.54) is 5.56 Å². The van der Waals surface area contributed by atoms with Crippen molar-refractivity contribution in [3.8, 4) is 0 Å². The van der Waals surface area contributed by atoms with Crippen LogP contribution in [0.5, 0.6) is 0 Å². The summed E-state index contributed by atoms with van der Waals surface area (Å²) in [6.45, 7) is 5.08. The number of nitrogens with zero attached hydrogens (tertiary/aromatic N) is 1. The van der Waals surface area contributed by atoms with Crippen LogP contribution < -0.4 is 11.1 Å².